The summed E-state index contributed by atoms with van der Waals surface area (Å²) in [6.07, 6.45) is 0.598. The fourth-order valence-corrected chi connectivity index (χ4v) is 1.11. The third kappa shape index (κ3) is 3.63. The lowest BCUT2D eigenvalue weighted by molar-refractivity contribution is -0.119. The molecule has 15 heavy (non-hydrogen) atoms. The predicted octanol–water partition coefficient (Wildman–Crippen LogP) is 1.14. The third-order valence-corrected chi connectivity index (χ3v) is 2.01. The molecular weight excluding hydrogens is 197 g/mol. The van der Waals surface area contributed by atoms with Crippen LogP contribution >= 0.6 is 0 Å². The highest BCUT2D eigenvalue weighted by atomic mass is 19.1. The summed E-state index contributed by atoms with van der Waals surface area (Å²) >= 11 is 0. The highest BCUT2D eigenvalue weighted by Gasteiger charge is 2.12. The van der Waals surface area contributed by atoms with Crippen LogP contribution in [0, 0.1) is 11.9 Å². The average molecular weight is 211 g/mol. The van der Waals surface area contributed by atoms with Gasteiger partial charge in [-0.3, -0.25) is 4.79 Å². The molecule has 0 radical (unpaired) electrons. The largest absolute Gasteiger partial charge is 0.330 e. The van der Waals surface area contributed by atoms with Crippen LogP contribution in [0.1, 0.15) is 13.3 Å². The van der Waals surface area contributed by atoms with Crippen LogP contribution in [0.25, 0.3) is 0 Å². The van der Waals surface area contributed by atoms with Crippen molar-refractivity contribution in [3.8, 4) is 0 Å². The van der Waals surface area contributed by atoms with Crippen LogP contribution in [0.4, 0.5) is 10.2 Å². The van der Waals surface area contributed by atoms with E-state index in [4.69, 9.17) is 5.73 Å². The summed E-state index contributed by atoms with van der Waals surface area (Å²) in [6.45, 7) is 2.21. The molecule has 0 fully saturated rings. The number of nitrogens with zero attached hydrogens (tertiary/aromatic N) is 1. The number of hydrogen-bond donors (Lipinski definition) is 2. The van der Waals surface area contributed by atoms with Crippen molar-refractivity contribution in [2.45, 2.75) is 13.3 Å². The van der Waals surface area contributed by atoms with Crippen LogP contribution in [0.2, 0.25) is 0 Å². The maximum atomic E-state index is 12.7. The number of amides is 1. The number of hydrogen-bond acceptors (Lipinski definition) is 3. The van der Waals surface area contributed by atoms with Gasteiger partial charge in [-0.05, 0) is 25.1 Å². The van der Waals surface area contributed by atoms with Crippen molar-refractivity contribution in [1.82, 2.24) is 4.98 Å². The standard InChI is InChI=1S/C10H14FN3O/c1-7(5-6-12)10(15)14-9-4-2-3-8(11)13-9/h2-4,7H,5-6,12H2,1H3,(H,13,14,15). The molecule has 0 aliphatic rings. The molecule has 0 aliphatic heterocycles. The predicted molar refractivity (Wildman–Crippen MR) is 55.7 cm³/mol. The van der Waals surface area contributed by atoms with E-state index in [9.17, 15) is 9.18 Å². The molecule has 82 valence electrons. The summed E-state index contributed by atoms with van der Waals surface area (Å²) in [5.41, 5.74) is 5.33. The molecule has 1 aromatic heterocycles. The third-order valence-electron chi connectivity index (χ3n) is 2.01. The first kappa shape index (κ1) is 11.6. The van der Waals surface area contributed by atoms with Gasteiger partial charge in [0, 0.05) is 5.92 Å². The van der Waals surface area contributed by atoms with Crippen LogP contribution in [0.3, 0.4) is 0 Å². The summed E-state index contributed by atoms with van der Waals surface area (Å²) < 4.78 is 12.7. The van der Waals surface area contributed by atoms with Gasteiger partial charge in [0.2, 0.25) is 11.9 Å². The highest BCUT2D eigenvalue weighted by molar-refractivity contribution is 5.91. The zero-order chi connectivity index (χ0) is 11.3. The minimum atomic E-state index is -0.612. The number of carbonyl (C=O) groups is 1. The average Bonchev–Trinajstić information content (AvgIpc) is 2.18. The van der Waals surface area contributed by atoms with Gasteiger partial charge in [-0.25, -0.2) is 4.98 Å². The molecule has 0 saturated carbocycles. The Morgan fingerprint density at radius 3 is 3.00 bits per heavy atom. The fourth-order valence-electron chi connectivity index (χ4n) is 1.11. The molecule has 3 N–H and O–H groups in total. The summed E-state index contributed by atoms with van der Waals surface area (Å²) in [4.78, 5) is 15.0. The summed E-state index contributed by atoms with van der Waals surface area (Å²) in [5.74, 6) is -0.776. The first-order valence-corrected chi connectivity index (χ1v) is 4.77. The Hall–Kier alpha value is -1.49. The monoisotopic (exact) mass is 211 g/mol. The van der Waals surface area contributed by atoms with Gasteiger partial charge < -0.3 is 11.1 Å². The minimum absolute atomic E-state index is 0.194. The number of carbonyl (C=O) groups excluding carboxylic acids is 1. The van der Waals surface area contributed by atoms with Crippen molar-refractivity contribution >= 4 is 11.7 Å². The molecule has 1 rings (SSSR count). The molecule has 1 aromatic rings. The number of pyridine rings is 1. The Balaban J connectivity index is 2.58. The van der Waals surface area contributed by atoms with Gasteiger partial charge in [0.05, 0.1) is 0 Å². The van der Waals surface area contributed by atoms with Crippen LogP contribution in [-0.2, 0) is 4.79 Å². The van der Waals surface area contributed by atoms with Gasteiger partial charge in [0.15, 0.2) is 0 Å². The van der Waals surface area contributed by atoms with Crippen molar-refractivity contribution in [2.24, 2.45) is 11.7 Å². The summed E-state index contributed by atoms with van der Waals surface area (Å²) in [5, 5.41) is 2.52. The lowest BCUT2D eigenvalue weighted by atomic mass is 10.1. The summed E-state index contributed by atoms with van der Waals surface area (Å²) in [7, 11) is 0. The van der Waals surface area contributed by atoms with Crippen molar-refractivity contribution in [2.75, 3.05) is 11.9 Å². The Bertz CT molecular complexity index is 343. The second kappa shape index (κ2) is 5.41. The Morgan fingerprint density at radius 2 is 2.40 bits per heavy atom. The van der Waals surface area contributed by atoms with Gasteiger partial charge in [-0.1, -0.05) is 13.0 Å². The molecular formula is C10H14FN3O. The van der Waals surface area contributed by atoms with E-state index in [1.807, 2.05) is 0 Å². The molecule has 0 aromatic carbocycles. The first-order valence-electron chi connectivity index (χ1n) is 4.77. The van der Waals surface area contributed by atoms with Gasteiger partial charge in [-0.2, -0.15) is 4.39 Å². The van der Waals surface area contributed by atoms with Gasteiger partial charge >= 0.3 is 0 Å². The van der Waals surface area contributed by atoms with Crippen molar-refractivity contribution in [3.63, 3.8) is 0 Å². The van der Waals surface area contributed by atoms with E-state index in [1.165, 1.54) is 18.2 Å². The van der Waals surface area contributed by atoms with E-state index >= 15 is 0 Å². The van der Waals surface area contributed by atoms with Crippen LogP contribution in [0.15, 0.2) is 18.2 Å². The van der Waals surface area contributed by atoms with Gasteiger partial charge in [-0.15, -0.1) is 0 Å². The minimum Gasteiger partial charge on any atom is -0.330 e. The zero-order valence-electron chi connectivity index (χ0n) is 8.53. The number of nitrogens with two attached hydrogens (primary N) is 1. The van der Waals surface area contributed by atoms with Crippen LogP contribution < -0.4 is 11.1 Å². The molecule has 1 unspecified atom stereocenters. The maximum absolute atomic E-state index is 12.7. The second-order valence-corrected chi connectivity index (χ2v) is 3.31. The molecule has 0 bridgehead atoms. The zero-order valence-corrected chi connectivity index (χ0v) is 8.53. The van der Waals surface area contributed by atoms with Crippen LogP contribution in [0.5, 0.6) is 0 Å². The number of aromatic nitrogens is 1. The lowest BCUT2D eigenvalue weighted by Gasteiger charge is -2.09. The van der Waals surface area contributed by atoms with Crippen molar-refractivity contribution in [3.05, 3.63) is 24.1 Å². The molecule has 1 heterocycles. The molecule has 5 heteroatoms. The number of anilines is 1. The summed E-state index contributed by atoms with van der Waals surface area (Å²) in [6, 6.07) is 4.25. The quantitative estimate of drug-likeness (QED) is 0.734. The molecule has 0 aliphatic carbocycles. The van der Waals surface area contributed by atoms with Crippen LogP contribution in [-0.4, -0.2) is 17.4 Å². The number of rotatable bonds is 4. The lowest BCUT2D eigenvalue weighted by Crippen LogP contribution is -2.23. The molecule has 1 amide bonds. The van der Waals surface area contributed by atoms with E-state index in [-0.39, 0.29) is 17.6 Å². The Labute approximate surface area is 87.7 Å². The highest BCUT2D eigenvalue weighted by Crippen LogP contribution is 2.07. The fraction of sp³-hybridized carbons (Fsp3) is 0.400. The SMILES string of the molecule is CC(CCN)C(=O)Nc1cccc(F)n1. The van der Waals surface area contributed by atoms with Gasteiger partial charge in [0.25, 0.3) is 0 Å². The van der Waals surface area contributed by atoms with E-state index in [0.717, 1.165) is 0 Å². The molecule has 4 nitrogen and oxygen atoms in total. The Kier molecular flexibility index (Phi) is 4.17. The maximum Gasteiger partial charge on any atom is 0.228 e. The molecule has 0 spiro atoms. The van der Waals surface area contributed by atoms with E-state index in [0.29, 0.717) is 13.0 Å². The topological polar surface area (TPSA) is 68.0 Å². The smallest absolute Gasteiger partial charge is 0.228 e. The normalized spacial score (nSPS) is 12.2. The number of halogens is 1. The van der Waals surface area contributed by atoms with E-state index in [2.05, 4.69) is 10.3 Å². The van der Waals surface area contributed by atoms with E-state index in [1.54, 1.807) is 6.92 Å². The second-order valence-electron chi connectivity index (χ2n) is 3.31. The molecule has 1 atom stereocenters. The first-order chi connectivity index (χ1) is 7.13. The van der Waals surface area contributed by atoms with Gasteiger partial charge in [0.1, 0.15) is 5.82 Å². The van der Waals surface area contributed by atoms with Crippen molar-refractivity contribution < 1.29 is 9.18 Å². The molecule has 0 saturated heterocycles. The number of nitrogens with one attached hydrogen (secondary N) is 1. The van der Waals surface area contributed by atoms with E-state index < -0.39 is 5.95 Å². The van der Waals surface area contributed by atoms with Crippen molar-refractivity contribution in [1.29, 1.82) is 0 Å². The Morgan fingerprint density at radius 1 is 1.67 bits per heavy atom.